The van der Waals surface area contributed by atoms with Gasteiger partial charge in [0, 0.05) is 23.5 Å². The highest BCUT2D eigenvalue weighted by Gasteiger charge is 2.25. The summed E-state index contributed by atoms with van der Waals surface area (Å²) in [6.07, 6.45) is 2.77. The van der Waals surface area contributed by atoms with E-state index in [1.54, 1.807) is 32.0 Å². The number of hydrogen-bond donors (Lipinski definition) is 2. The van der Waals surface area contributed by atoms with Gasteiger partial charge in [-0.25, -0.2) is 4.79 Å². The summed E-state index contributed by atoms with van der Waals surface area (Å²) in [5, 5.41) is 0. The van der Waals surface area contributed by atoms with Gasteiger partial charge in [0.2, 0.25) is 5.78 Å². The SMILES string of the molecule is Cc1cc(C)cc(C(=O)c2c(C(C)C)c(=O)[nH]c(=O)n2Cc2ccncc2C(N)=O)c1. The number of nitrogens with one attached hydrogen (secondary N) is 1. The predicted molar refractivity (Wildman–Crippen MR) is 117 cm³/mol. The van der Waals surface area contributed by atoms with Gasteiger partial charge < -0.3 is 5.73 Å². The van der Waals surface area contributed by atoms with Gasteiger partial charge in [-0.3, -0.25) is 28.9 Å². The molecule has 0 aliphatic heterocycles. The minimum absolute atomic E-state index is 0.000910. The maximum atomic E-state index is 13.6. The number of nitrogens with zero attached hydrogens (tertiary/aromatic N) is 2. The standard InChI is InChI=1S/C23H24N4O4/c1-12(2)18-19(20(28)16-8-13(3)7-14(4)9-16)27(23(31)26-22(18)30)11-15-5-6-25-10-17(15)21(24)29/h5-10,12H,11H2,1-4H3,(H2,24,29)(H,26,30,31). The Kier molecular flexibility index (Phi) is 6.01. The molecule has 0 aliphatic rings. The minimum Gasteiger partial charge on any atom is -0.366 e. The number of carbonyl (C=O) groups excluding carboxylic acids is 2. The Morgan fingerprint density at radius 2 is 1.77 bits per heavy atom. The van der Waals surface area contributed by atoms with E-state index in [1.807, 2.05) is 19.9 Å². The van der Waals surface area contributed by atoms with Crippen molar-refractivity contribution in [2.24, 2.45) is 5.73 Å². The molecule has 2 heterocycles. The molecule has 8 nitrogen and oxygen atoms in total. The van der Waals surface area contributed by atoms with E-state index in [0.29, 0.717) is 11.1 Å². The molecule has 1 amide bonds. The van der Waals surface area contributed by atoms with Crippen molar-refractivity contribution < 1.29 is 9.59 Å². The van der Waals surface area contributed by atoms with Crippen LogP contribution in [0.3, 0.4) is 0 Å². The summed E-state index contributed by atoms with van der Waals surface area (Å²) in [5.74, 6) is -1.46. The molecule has 2 aromatic heterocycles. The summed E-state index contributed by atoms with van der Waals surface area (Å²) < 4.78 is 1.19. The van der Waals surface area contributed by atoms with E-state index in [1.165, 1.54) is 17.0 Å². The molecule has 0 radical (unpaired) electrons. The molecule has 0 atom stereocenters. The number of hydrogen-bond acceptors (Lipinski definition) is 5. The first-order chi connectivity index (χ1) is 14.6. The monoisotopic (exact) mass is 420 g/mol. The topological polar surface area (TPSA) is 128 Å². The van der Waals surface area contributed by atoms with Crippen LogP contribution in [-0.2, 0) is 6.54 Å². The zero-order valence-electron chi connectivity index (χ0n) is 17.9. The van der Waals surface area contributed by atoms with Crippen LogP contribution in [-0.4, -0.2) is 26.2 Å². The lowest BCUT2D eigenvalue weighted by molar-refractivity contribution is 0.0997. The normalized spacial score (nSPS) is 11.0. The van der Waals surface area contributed by atoms with E-state index in [-0.39, 0.29) is 29.3 Å². The first kappa shape index (κ1) is 21.9. The fraction of sp³-hybridized carbons (Fsp3) is 0.261. The second kappa shape index (κ2) is 8.51. The average molecular weight is 420 g/mol. The first-order valence-electron chi connectivity index (χ1n) is 9.82. The highest BCUT2D eigenvalue weighted by Crippen LogP contribution is 2.21. The van der Waals surface area contributed by atoms with Crippen molar-refractivity contribution in [3.05, 3.63) is 96.6 Å². The Hall–Kier alpha value is -3.81. The van der Waals surface area contributed by atoms with Gasteiger partial charge in [0.25, 0.3) is 11.5 Å². The van der Waals surface area contributed by atoms with E-state index in [0.717, 1.165) is 11.1 Å². The fourth-order valence-electron chi connectivity index (χ4n) is 3.71. The van der Waals surface area contributed by atoms with Crippen molar-refractivity contribution in [2.75, 3.05) is 0 Å². The van der Waals surface area contributed by atoms with Crippen LogP contribution in [0.4, 0.5) is 0 Å². The molecule has 0 unspecified atom stereocenters. The van der Waals surface area contributed by atoms with Crippen LogP contribution in [0.2, 0.25) is 0 Å². The summed E-state index contributed by atoms with van der Waals surface area (Å²) in [6.45, 7) is 7.17. The molecule has 3 rings (SSSR count). The highest BCUT2D eigenvalue weighted by molar-refractivity contribution is 6.09. The van der Waals surface area contributed by atoms with Crippen LogP contribution in [0.1, 0.15) is 68.4 Å². The van der Waals surface area contributed by atoms with Gasteiger partial charge in [0.1, 0.15) is 5.69 Å². The Balaban J connectivity index is 2.31. The lowest BCUT2D eigenvalue weighted by Crippen LogP contribution is -2.38. The number of benzene rings is 1. The van der Waals surface area contributed by atoms with Gasteiger partial charge in [-0.1, -0.05) is 31.0 Å². The number of aromatic amines is 1. The van der Waals surface area contributed by atoms with E-state index in [2.05, 4.69) is 9.97 Å². The van der Waals surface area contributed by atoms with Gasteiger partial charge in [-0.2, -0.15) is 0 Å². The molecular weight excluding hydrogens is 396 g/mol. The van der Waals surface area contributed by atoms with E-state index >= 15 is 0 Å². The summed E-state index contributed by atoms with van der Waals surface area (Å²) in [5.41, 5.74) is 7.01. The minimum atomic E-state index is -0.741. The maximum absolute atomic E-state index is 13.6. The molecule has 3 aromatic rings. The third-order valence-electron chi connectivity index (χ3n) is 5.02. The number of primary amides is 1. The van der Waals surface area contributed by atoms with E-state index < -0.39 is 22.9 Å². The Bertz CT molecular complexity index is 1280. The van der Waals surface area contributed by atoms with Crippen molar-refractivity contribution in [1.82, 2.24) is 14.5 Å². The fourth-order valence-corrected chi connectivity index (χ4v) is 3.71. The molecule has 8 heteroatoms. The largest absolute Gasteiger partial charge is 0.366 e. The number of aryl methyl sites for hydroxylation is 2. The Morgan fingerprint density at radius 3 is 2.35 bits per heavy atom. The van der Waals surface area contributed by atoms with Crippen molar-refractivity contribution in [3.63, 3.8) is 0 Å². The molecule has 3 N–H and O–H groups in total. The van der Waals surface area contributed by atoms with Gasteiger partial charge in [-0.05, 0) is 43.5 Å². The molecule has 1 aromatic carbocycles. The van der Waals surface area contributed by atoms with Crippen molar-refractivity contribution in [2.45, 2.75) is 40.2 Å². The molecule has 0 saturated carbocycles. The first-order valence-corrected chi connectivity index (χ1v) is 9.82. The smallest absolute Gasteiger partial charge is 0.329 e. The lowest BCUT2D eigenvalue weighted by Gasteiger charge is -2.18. The zero-order valence-corrected chi connectivity index (χ0v) is 17.9. The van der Waals surface area contributed by atoms with Crippen LogP contribution >= 0.6 is 0 Å². The summed E-state index contributed by atoms with van der Waals surface area (Å²) in [7, 11) is 0. The number of aromatic nitrogens is 3. The summed E-state index contributed by atoms with van der Waals surface area (Å²) >= 11 is 0. The quantitative estimate of drug-likeness (QED) is 0.590. The number of ketones is 1. The van der Waals surface area contributed by atoms with E-state index in [9.17, 15) is 19.2 Å². The van der Waals surface area contributed by atoms with Gasteiger partial charge in [-0.15, -0.1) is 0 Å². The van der Waals surface area contributed by atoms with Crippen molar-refractivity contribution in [1.29, 1.82) is 0 Å². The van der Waals surface area contributed by atoms with Crippen LogP contribution in [0.5, 0.6) is 0 Å². The molecule has 0 spiro atoms. The molecule has 0 saturated heterocycles. The molecule has 160 valence electrons. The Labute approximate surface area is 178 Å². The lowest BCUT2D eigenvalue weighted by atomic mass is 9.95. The predicted octanol–water partition coefficient (Wildman–Crippen LogP) is 2.05. The van der Waals surface area contributed by atoms with Gasteiger partial charge >= 0.3 is 5.69 Å². The number of H-pyrrole nitrogens is 1. The number of rotatable bonds is 6. The zero-order chi connectivity index (χ0) is 22.9. The maximum Gasteiger partial charge on any atom is 0.329 e. The molecule has 31 heavy (non-hydrogen) atoms. The van der Waals surface area contributed by atoms with Gasteiger partial charge in [0.15, 0.2) is 0 Å². The molecular formula is C23H24N4O4. The van der Waals surface area contributed by atoms with Gasteiger partial charge in [0.05, 0.1) is 12.1 Å². The molecule has 0 aliphatic carbocycles. The second-order valence-electron chi connectivity index (χ2n) is 7.86. The third-order valence-corrected chi connectivity index (χ3v) is 5.02. The summed E-state index contributed by atoms with van der Waals surface area (Å²) in [4.78, 5) is 57.1. The number of amides is 1. The molecule has 0 fully saturated rings. The second-order valence-corrected chi connectivity index (χ2v) is 7.86. The Morgan fingerprint density at radius 1 is 1.13 bits per heavy atom. The summed E-state index contributed by atoms with van der Waals surface area (Å²) in [6, 6.07) is 6.92. The third kappa shape index (κ3) is 4.37. The highest BCUT2D eigenvalue weighted by atomic mass is 16.2. The van der Waals surface area contributed by atoms with E-state index in [4.69, 9.17) is 5.73 Å². The van der Waals surface area contributed by atoms with Crippen molar-refractivity contribution in [3.8, 4) is 0 Å². The number of nitrogens with two attached hydrogens (primary N) is 1. The van der Waals surface area contributed by atoms with Crippen molar-refractivity contribution >= 4 is 11.7 Å². The van der Waals surface area contributed by atoms with Crippen LogP contribution in [0.25, 0.3) is 0 Å². The number of carbonyl (C=O) groups is 2. The molecule has 0 bridgehead atoms. The van der Waals surface area contributed by atoms with Crippen LogP contribution in [0, 0.1) is 13.8 Å². The average Bonchev–Trinajstić information content (AvgIpc) is 2.68. The van der Waals surface area contributed by atoms with Crippen LogP contribution in [0.15, 0.2) is 46.2 Å². The van der Waals surface area contributed by atoms with Crippen LogP contribution < -0.4 is 17.0 Å². The number of pyridine rings is 1.